The molecule has 0 amide bonds. The van der Waals surface area contributed by atoms with Gasteiger partial charge in [0.2, 0.25) is 4.73 Å². The highest BCUT2D eigenvalue weighted by atomic mass is 79.9. The van der Waals surface area contributed by atoms with Crippen LogP contribution in [-0.2, 0) is 11.3 Å². The van der Waals surface area contributed by atoms with Crippen LogP contribution in [-0.4, -0.2) is 28.5 Å². The first-order valence-corrected chi connectivity index (χ1v) is 4.66. The molecule has 4 nitrogen and oxygen atoms in total. The minimum atomic E-state index is 0.647. The van der Waals surface area contributed by atoms with Crippen molar-refractivity contribution >= 4 is 15.9 Å². The quantitative estimate of drug-likeness (QED) is 0.724. The molecule has 0 aliphatic heterocycles. The van der Waals surface area contributed by atoms with Crippen molar-refractivity contribution in [2.24, 2.45) is 0 Å². The van der Waals surface area contributed by atoms with Gasteiger partial charge in [0.25, 0.3) is 0 Å². The van der Waals surface area contributed by atoms with Gasteiger partial charge >= 0.3 is 0 Å². The van der Waals surface area contributed by atoms with Gasteiger partial charge in [0.1, 0.15) is 6.33 Å². The SMILES string of the molecule is COCCCCn1cnc(Br)n1. The number of halogens is 1. The molecular weight excluding hydrogens is 222 g/mol. The van der Waals surface area contributed by atoms with Crippen LogP contribution in [0.15, 0.2) is 11.1 Å². The van der Waals surface area contributed by atoms with Gasteiger partial charge in [-0.2, -0.15) is 0 Å². The molecule has 1 rings (SSSR count). The van der Waals surface area contributed by atoms with Gasteiger partial charge in [0, 0.05) is 20.3 Å². The van der Waals surface area contributed by atoms with Crippen LogP contribution >= 0.6 is 15.9 Å². The summed E-state index contributed by atoms with van der Waals surface area (Å²) in [5, 5.41) is 4.09. The van der Waals surface area contributed by atoms with Crippen molar-refractivity contribution in [3.05, 3.63) is 11.1 Å². The first-order valence-electron chi connectivity index (χ1n) is 3.87. The average Bonchev–Trinajstić information content (AvgIpc) is 2.45. The molecule has 0 N–H and O–H groups in total. The summed E-state index contributed by atoms with van der Waals surface area (Å²) in [4.78, 5) is 3.95. The summed E-state index contributed by atoms with van der Waals surface area (Å²) in [7, 11) is 1.71. The fourth-order valence-electron chi connectivity index (χ4n) is 0.900. The molecule has 0 unspecified atom stereocenters. The van der Waals surface area contributed by atoms with Gasteiger partial charge in [-0.05, 0) is 28.8 Å². The van der Waals surface area contributed by atoms with Gasteiger partial charge in [0.05, 0.1) is 0 Å². The van der Waals surface area contributed by atoms with E-state index in [1.807, 2.05) is 4.68 Å². The van der Waals surface area contributed by atoms with E-state index in [1.165, 1.54) is 0 Å². The Hall–Kier alpha value is -0.420. The monoisotopic (exact) mass is 233 g/mol. The van der Waals surface area contributed by atoms with Gasteiger partial charge in [0.15, 0.2) is 0 Å². The molecule has 0 saturated heterocycles. The van der Waals surface area contributed by atoms with Crippen molar-refractivity contribution in [3.8, 4) is 0 Å². The lowest BCUT2D eigenvalue weighted by Crippen LogP contribution is -2.00. The molecule has 0 aliphatic rings. The van der Waals surface area contributed by atoms with E-state index in [0.717, 1.165) is 26.0 Å². The Morgan fingerprint density at radius 1 is 1.58 bits per heavy atom. The molecule has 0 bridgehead atoms. The molecule has 0 fully saturated rings. The van der Waals surface area contributed by atoms with E-state index in [4.69, 9.17) is 4.74 Å². The first kappa shape index (κ1) is 9.67. The highest BCUT2D eigenvalue weighted by molar-refractivity contribution is 9.10. The Labute approximate surface area is 80.1 Å². The Morgan fingerprint density at radius 2 is 2.42 bits per heavy atom. The maximum atomic E-state index is 4.93. The van der Waals surface area contributed by atoms with Crippen molar-refractivity contribution in [2.75, 3.05) is 13.7 Å². The highest BCUT2D eigenvalue weighted by Gasteiger charge is 1.95. The highest BCUT2D eigenvalue weighted by Crippen LogP contribution is 2.00. The Balaban J connectivity index is 2.15. The lowest BCUT2D eigenvalue weighted by Gasteiger charge is -1.99. The fourth-order valence-corrected chi connectivity index (χ4v) is 1.20. The Kier molecular flexibility index (Phi) is 4.24. The van der Waals surface area contributed by atoms with Crippen molar-refractivity contribution in [1.82, 2.24) is 14.8 Å². The van der Waals surface area contributed by atoms with Crippen LogP contribution in [0.4, 0.5) is 0 Å². The van der Waals surface area contributed by atoms with Crippen LogP contribution in [0, 0.1) is 0 Å². The van der Waals surface area contributed by atoms with Crippen molar-refractivity contribution in [1.29, 1.82) is 0 Å². The number of aromatic nitrogens is 3. The molecule has 1 heterocycles. The third-order valence-corrected chi connectivity index (χ3v) is 1.86. The molecule has 0 atom stereocenters. The molecule has 0 aliphatic carbocycles. The fraction of sp³-hybridized carbons (Fsp3) is 0.714. The minimum absolute atomic E-state index is 0.647. The Morgan fingerprint density at radius 3 is 3.00 bits per heavy atom. The number of nitrogens with zero attached hydrogens (tertiary/aromatic N) is 3. The molecule has 1 aromatic rings. The van der Waals surface area contributed by atoms with Gasteiger partial charge in [-0.25, -0.2) is 4.98 Å². The lowest BCUT2D eigenvalue weighted by atomic mass is 10.3. The molecule has 5 heteroatoms. The summed E-state index contributed by atoms with van der Waals surface area (Å²) in [6.45, 7) is 1.72. The number of ether oxygens (including phenoxy) is 1. The topological polar surface area (TPSA) is 39.9 Å². The smallest absolute Gasteiger partial charge is 0.217 e. The molecule has 0 aromatic carbocycles. The normalized spacial score (nSPS) is 10.5. The zero-order chi connectivity index (χ0) is 8.81. The molecule has 0 radical (unpaired) electrons. The summed E-state index contributed by atoms with van der Waals surface area (Å²) in [5.41, 5.74) is 0. The van der Waals surface area contributed by atoms with E-state index in [0.29, 0.717) is 4.73 Å². The zero-order valence-electron chi connectivity index (χ0n) is 7.03. The molecule has 68 valence electrons. The summed E-state index contributed by atoms with van der Waals surface area (Å²) in [6.07, 6.45) is 3.86. The molecule has 0 spiro atoms. The van der Waals surface area contributed by atoms with Gasteiger partial charge in [-0.1, -0.05) is 0 Å². The van der Waals surface area contributed by atoms with Crippen LogP contribution in [0.3, 0.4) is 0 Å². The number of hydrogen-bond donors (Lipinski definition) is 0. The van der Waals surface area contributed by atoms with E-state index < -0.39 is 0 Å². The van der Waals surface area contributed by atoms with E-state index in [-0.39, 0.29) is 0 Å². The maximum Gasteiger partial charge on any atom is 0.217 e. The number of methoxy groups -OCH3 is 1. The number of aryl methyl sites for hydroxylation is 1. The van der Waals surface area contributed by atoms with Gasteiger partial charge < -0.3 is 4.74 Å². The summed E-state index contributed by atoms with van der Waals surface area (Å²) in [5.74, 6) is 0. The third kappa shape index (κ3) is 3.32. The average molecular weight is 234 g/mol. The second kappa shape index (κ2) is 5.27. The summed E-state index contributed by atoms with van der Waals surface area (Å²) >= 11 is 3.19. The predicted octanol–water partition coefficient (Wildman–Crippen LogP) is 1.47. The Bertz CT molecular complexity index is 226. The van der Waals surface area contributed by atoms with E-state index in [9.17, 15) is 0 Å². The van der Waals surface area contributed by atoms with Crippen LogP contribution in [0.5, 0.6) is 0 Å². The largest absolute Gasteiger partial charge is 0.385 e. The van der Waals surface area contributed by atoms with E-state index in [2.05, 4.69) is 26.0 Å². The van der Waals surface area contributed by atoms with E-state index in [1.54, 1.807) is 13.4 Å². The maximum absolute atomic E-state index is 4.93. The molecule has 0 saturated carbocycles. The van der Waals surface area contributed by atoms with Crippen LogP contribution < -0.4 is 0 Å². The van der Waals surface area contributed by atoms with Crippen molar-refractivity contribution in [3.63, 3.8) is 0 Å². The number of unbranched alkanes of at least 4 members (excludes halogenated alkanes) is 1. The summed E-state index contributed by atoms with van der Waals surface area (Å²) in [6, 6.07) is 0. The molecule has 1 aromatic heterocycles. The minimum Gasteiger partial charge on any atom is -0.385 e. The van der Waals surface area contributed by atoms with Crippen LogP contribution in [0.1, 0.15) is 12.8 Å². The summed E-state index contributed by atoms with van der Waals surface area (Å²) < 4.78 is 7.40. The number of hydrogen-bond acceptors (Lipinski definition) is 3. The number of rotatable bonds is 5. The van der Waals surface area contributed by atoms with Gasteiger partial charge in [-0.3, -0.25) is 4.68 Å². The van der Waals surface area contributed by atoms with Crippen molar-refractivity contribution in [2.45, 2.75) is 19.4 Å². The van der Waals surface area contributed by atoms with Crippen LogP contribution in [0.25, 0.3) is 0 Å². The second-order valence-corrected chi connectivity index (χ2v) is 3.19. The standard InChI is InChI=1S/C7H12BrN3O/c1-12-5-3-2-4-11-6-9-7(8)10-11/h6H,2-5H2,1H3. The van der Waals surface area contributed by atoms with Gasteiger partial charge in [-0.15, -0.1) is 5.10 Å². The molecule has 12 heavy (non-hydrogen) atoms. The predicted molar refractivity (Wildman–Crippen MR) is 48.8 cm³/mol. The first-order chi connectivity index (χ1) is 5.83. The second-order valence-electron chi connectivity index (χ2n) is 2.48. The zero-order valence-corrected chi connectivity index (χ0v) is 8.62. The van der Waals surface area contributed by atoms with E-state index >= 15 is 0 Å². The van der Waals surface area contributed by atoms with Crippen molar-refractivity contribution < 1.29 is 4.74 Å². The molecular formula is C7H12BrN3O. The van der Waals surface area contributed by atoms with Crippen LogP contribution in [0.2, 0.25) is 0 Å². The lowest BCUT2D eigenvalue weighted by molar-refractivity contribution is 0.191. The third-order valence-electron chi connectivity index (χ3n) is 1.49.